The van der Waals surface area contributed by atoms with Crippen LogP contribution in [0.2, 0.25) is 0 Å². The SMILES string of the molecule is C=CC(=O)OCCCCOC(=O)Oc1ccc(C(=O)Oc2cccc(C)c2)cc1OC. The van der Waals surface area contributed by atoms with E-state index in [4.69, 9.17) is 23.7 Å². The predicted octanol–water partition coefficient (Wildman–Crippen LogP) is 4.25. The van der Waals surface area contributed by atoms with E-state index in [1.807, 2.05) is 13.0 Å². The second-order valence-corrected chi connectivity index (χ2v) is 6.35. The molecule has 0 heterocycles. The number of carbonyl (C=O) groups is 3. The van der Waals surface area contributed by atoms with Crippen LogP contribution in [0.5, 0.6) is 17.2 Å². The van der Waals surface area contributed by atoms with Crippen LogP contribution in [0.25, 0.3) is 0 Å². The van der Waals surface area contributed by atoms with Gasteiger partial charge in [0.2, 0.25) is 0 Å². The van der Waals surface area contributed by atoms with Crippen LogP contribution in [0, 0.1) is 6.92 Å². The van der Waals surface area contributed by atoms with Gasteiger partial charge in [0.25, 0.3) is 0 Å². The third kappa shape index (κ3) is 7.85. The van der Waals surface area contributed by atoms with E-state index in [9.17, 15) is 14.4 Å². The molecule has 2 rings (SSSR count). The third-order valence-electron chi connectivity index (χ3n) is 3.96. The maximum Gasteiger partial charge on any atom is 0.513 e. The summed E-state index contributed by atoms with van der Waals surface area (Å²) in [5, 5.41) is 0. The highest BCUT2D eigenvalue weighted by Crippen LogP contribution is 2.29. The molecule has 164 valence electrons. The lowest BCUT2D eigenvalue weighted by molar-refractivity contribution is -0.137. The maximum atomic E-state index is 12.4. The number of aryl methyl sites for hydroxylation is 1. The summed E-state index contributed by atoms with van der Waals surface area (Å²) in [4.78, 5) is 35.1. The van der Waals surface area contributed by atoms with E-state index in [-0.39, 0.29) is 30.3 Å². The Labute approximate surface area is 180 Å². The van der Waals surface area contributed by atoms with Gasteiger partial charge >= 0.3 is 18.1 Å². The quantitative estimate of drug-likeness (QED) is 0.182. The Morgan fingerprint density at radius 3 is 2.35 bits per heavy atom. The smallest absolute Gasteiger partial charge is 0.493 e. The van der Waals surface area contributed by atoms with Gasteiger partial charge in [-0.25, -0.2) is 14.4 Å². The molecule has 0 fully saturated rings. The number of rotatable bonds is 10. The minimum Gasteiger partial charge on any atom is -0.493 e. The highest BCUT2D eigenvalue weighted by Gasteiger charge is 2.16. The van der Waals surface area contributed by atoms with Crippen molar-refractivity contribution in [2.45, 2.75) is 19.8 Å². The van der Waals surface area contributed by atoms with Crippen LogP contribution in [-0.4, -0.2) is 38.4 Å². The van der Waals surface area contributed by atoms with E-state index in [1.54, 1.807) is 18.2 Å². The summed E-state index contributed by atoms with van der Waals surface area (Å²) >= 11 is 0. The number of hydrogen-bond donors (Lipinski definition) is 0. The van der Waals surface area contributed by atoms with Gasteiger partial charge in [-0.2, -0.15) is 0 Å². The molecule has 31 heavy (non-hydrogen) atoms. The summed E-state index contributed by atoms with van der Waals surface area (Å²) in [6.45, 7) is 5.48. The van der Waals surface area contributed by atoms with Gasteiger partial charge in [0.1, 0.15) is 5.75 Å². The van der Waals surface area contributed by atoms with E-state index < -0.39 is 18.1 Å². The number of esters is 2. The van der Waals surface area contributed by atoms with Crippen molar-refractivity contribution < 1.29 is 38.1 Å². The van der Waals surface area contributed by atoms with Crippen molar-refractivity contribution in [3.63, 3.8) is 0 Å². The van der Waals surface area contributed by atoms with Gasteiger partial charge in [0, 0.05) is 6.08 Å². The first-order valence-corrected chi connectivity index (χ1v) is 9.53. The molecule has 0 unspecified atom stereocenters. The van der Waals surface area contributed by atoms with Crippen molar-refractivity contribution in [1.82, 2.24) is 0 Å². The predicted molar refractivity (Wildman–Crippen MR) is 111 cm³/mol. The summed E-state index contributed by atoms with van der Waals surface area (Å²) in [6, 6.07) is 11.4. The Morgan fingerprint density at radius 1 is 0.935 bits per heavy atom. The Kier molecular flexibility index (Phi) is 9.10. The summed E-state index contributed by atoms with van der Waals surface area (Å²) in [5.41, 5.74) is 1.19. The van der Waals surface area contributed by atoms with Gasteiger partial charge in [-0.15, -0.1) is 0 Å². The summed E-state index contributed by atoms with van der Waals surface area (Å²) in [7, 11) is 1.38. The van der Waals surface area contributed by atoms with Crippen LogP contribution in [0.15, 0.2) is 55.1 Å². The molecule has 0 aliphatic rings. The molecule has 2 aromatic carbocycles. The lowest BCUT2D eigenvalue weighted by Crippen LogP contribution is -2.13. The molecule has 2 aromatic rings. The van der Waals surface area contributed by atoms with Gasteiger partial charge < -0.3 is 23.7 Å². The first kappa shape index (κ1) is 23.5. The molecule has 0 bridgehead atoms. The summed E-state index contributed by atoms with van der Waals surface area (Å²) in [5.74, 6) is -0.382. The topological polar surface area (TPSA) is 97.4 Å². The summed E-state index contributed by atoms with van der Waals surface area (Å²) in [6.07, 6.45) is 1.17. The second-order valence-electron chi connectivity index (χ2n) is 6.35. The van der Waals surface area contributed by atoms with Gasteiger partial charge in [0.05, 0.1) is 25.9 Å². The monoisotopic (exact) mass is 428 g/mol. The van der Waals surface area contributed by atoms with Crippen molar-refractivity contribution in [3.8, 4) is 17.2 Å². The molecule has 0 saturated heterocycles. The van der Waals surface area contributed by atoms with E-state index >= 15 is 0 Å². The normalized spacial score (nSPS) is 10.0. The Hall–Kier alpha value is -3.81. The van der Waals surface area contributed by atoms with Crippen LogP contribution in [0.3, 0.4) is 0 Å². The average molecular weight is 428 g/mol. The molecule has 8 nitrogen and oxygen atoms in total. The highest BCUT2D eigenvalue weighted by molar-refractivity contribution is 5.92. The lowest BCUT2D eigenvalue weighted by Gasteiger charge is -2.11. The Morgan fingerprint density at radius 2 is 1.68 bits per heavy atom. The number of benzene rings is 2. The van der Waals surface area contributed by atoms with E-state index in [1.165, 1.54) is 25.3 Å². The first-order chi connectivity index (χ1) is 14.9. The van der Waals surface area contributed by atoms with E-state index in [2.05, 4.69) is 6.58 Å². The molecule has 0 radical (unpaired) electrons. The molecule has 0 aromatic heterocycles. The maximum absolute atomic E-state index is 12.4. The minimum atomic E-state index is -0.920. The highest BCUT2D eigenvalue weighted by atomic mass is 16.7. The fourth-order valence-corrected chi connectivity index (χ4v) is 2.43. The number of methoxy groups -OCH3 is 1. The minimum absolute atomic E-state index is 0.0910. The molecule has 0 spiro atoms. The van der Waals surface area contributed by atoms with E-state index in [0.717, 1.165) is 11.6 Å². The molecular weight excluding hydrogens is 404 g/mol. The molecule has 0 N–H and O–H groups in total. The van der Waals surface area contributed by atoms with Crippen molar-refractivity contribution >= 4 is 18.1 Å². The number of carbonyl (C=O) groups excluding carboxylic acids is 3. The van der Waals surface area contributed by atoms with Crippen LogP contribution in [0.4, 0.5) is 4.79 Å². The van der Waals surface area contributed by atoms with Crippen molar-refractivity contribution in [1.29, 1.82) is 0 Å². The molecular formula is C23H24O8. The van der Waals surface area contributed by atoms with Crippen LogP contribution in [0.1, 0.15) is 28.8 Å². The Bertz CT molecular complexity index is 935. The first-order valence-electron chi connectivity index (χ1n) is 9.53. The standard InChI is InChI=1S/C23H24O8/c1-4-21(24)28-12-5-6-13-29-23(26)31-19-11-10-17(15-20(19)27-3)22(25)30-18-9-7-8-16(2)14-18/h4,7-11,14-15H,1,5-6,12-13H2,2-3H3. The van der Waals surface area contributed by atoms with Crippen LogP contribution < -0.4 is 14.2 Å². The largest absolute Gasteiger partial charge is 0.513 e. The number of hydrogen-bond acceptors (Lipinski definition) is 8. The summed E-state index contributed by atoms with van der Waals surface area (Å²) < 4.78 is 25.5. The zero-order valence-electron chi connectivity index (χ0n) is 17.4. The van der Waals surface area contributed by atoms with Crippen molar-refractivity contribution in [3.05, 3.63) is 66.2 Å². The Balaban J connectivity index is 1.86. The molecule has 0 aliphatic heterocycles. The van der Waals surface area contributed by atoms with Gasteiger partial charge in [-0.05, 0) is 55.7 Å². The molecule has 0 atom stereocenters. The van der Waals surface area contributed by atoms with Crippen LogP contribution in [-0.2, 0) is 14.3 Å². The average Bonchev–Trinajstić information content (AvgIpc) is 2.76. The molecule has 8 heteroatoms. The number of ether oxygens (including phenoxy) is 5. The second kappa shape index (κ2) is 12.0. The van der Waals surface area contributed by atoms with Gasteiger partial charge in [-0.1, -0.05) is 18.7 Å². The fourth-order valence-electron chi connectivity index (χ4n) is 2.43. The molecule has 0 saturated carbocycles. The zero-order valence-corrected chi connectivity index (χ0v) is 17.4. The van der Waals surface area contributed by atoms with Crippen molar-refractivity contribution in [2.75, 3.05) is 20.3 Å². The lowest BCUT2D eigenvalue weighted by atomic mass is 10.2. The third-order valence-corrected chi connectivity index (χ3v) is 3.96. The fraction of sp³-hybridized carbons (Fsp3) is 0.261. The van der Waals surface area contributed by atoms with Crippen LogP contribution >= 0.6 is 0 Å². The van der Waals surface area contributed by atoms with Gasteiger partial charge in [-0.3, -0.25) is 0 Å². The molecule has 0 amide bonds. The molecule has 0 aliphatic carbocycles. The van der Waals surface area contributed by atoms with Gasteiger partial charge in [0.15, 0.2) is 11.5 Å². The zero-order chi connectivity index (χ0) is 22.6. The van der Waals surface area contributed by atoms with Crippen molar-refractivity contribution in [2.24, 2.45) is 0 Å². The number of unbranched alkanes of at least 4 members (excludes halogenated alkanes) is 1. The van der Waals surface area contributed by atoms with E-state index in [0.29, 0.717) is 18.6 Å².